The van der Waals surface area contributed by atoms with Gasteiger partial charge in [0, 0.05) is 6.04 Å². The fraction of sp³-hybridized carbons (Fsp3) is 0.400. The van der Waals surface area contributed by atoms with Gasteiger partial charge in [0.25, 0.3) is 0 Å². The Labute approximate surface area is 87.2 Å². The highest BCUT2D eigenvalue weighted by Gasteiger charge is 2.06. The van der Waals surface area contributed by atoms with Gasteiger partial charge in [0.15, 0.2) is 0 Å². The van der Waals surface area contributed by atoms with Crippen LogP contribution in [0.4, 0.5) is 0 Å². The van der Waals surface area contributed by atoms with E-state index in [1.165, 1.54) is 5.56 Å². The molecule has 0 fully saturated rings. The Morgan fingerprint density at radius 3 is 2.77 bits per heavy atom. The normalized spacial score (nSPS) is 12.6. The number of methoxy groups -OCH3 is 1. The molecule has 2 N–H and O–H groups in total. The first-order chi connectivity index (χ1) is 6.15. The Morgan fingerprint density at radius 2 is 2.23 bits per heavy atom. The standard InChI is InChI=1S/C10H14BrNO/c1-7(12)6-8-4-3-5-9(13-2)10(8)11/h3-5,7H,6,12H2,1-2H3. The van der Waals surface area contributed by atoms with Gasteiger partial charge in [0.1, 0.15) is 5.75 Å². The van der Waals surface area contributed by atoms with Gasteiger partial charge in [0.2, 0.25) is 0 Å². The monoisotopic (exact) mass is 243 g/mol. The van der Waals surface area contributed by atoms with Crippen LogP contribution in [0.1, 0.15) is 12.5 Å². The van der Waals surface area contributed by atoms with Crippen molar-refractivity contribution in [3.63, 3.8) is 0 Å². The van der Waals surface area contributed by atoms with Crippen LogP contribution in [0.3, 0.4) is 0 Å². The van der Waals surface area contributed by atoms with E-state index in [-0.39, 0.29) is 6.04 Å². The number of nitrogens with two attached hydrogens (primary N) is 1. The van der Waals surface area contributed by atoms with Gasteiger partial charge in [0.05, 0.1) is 11.6 Å². The summed E-state index contributed by atoms with van der Waals surface area (Å²) in [6.45, 7) is 1.99. The third kappa shape index (κ3) is 2.71. The van der Waals surface area contributed by atoms with Crippen LogP contribution in [0.25, 0.3) is 0 Å². The van der Waals surface area contributed by atoms with E-state index < -0.39 is 0 Å². The Hall–Kier alpha value is -0.540. The van der Waals surface area contributed by atoms with Crippen molar-refractivity contribution in [1.29, 1.82) is 0 Å². The average molecular weight is 244 g/mol. The van der Waals surface area contributed by atoms with Gasteiger partial charge < -0.3 is 10.5 Å². The van der Waals surface area contributed by atoms with Gasteiger partial charge in [-0.15, -0.1) is 0 Å². The minimum Gasteiger partial charge on any atom is -0.496 e. The highest BCUT2D eigenvalue weighted by atomic mass is 79.9. The minimum absolute atomic E-state index is 0.170. The van der Waals surface area contributed by atoms with Crippen LogP contribution in [0.5, 0.6) is 5.75 Å². The lowest BCUT2D eigenvalue weighted by Crippen LogP contribution is -2.18. The zero-order chi connectivity index (χ0) is 9.84. The van der Waals surface area contributed by atoms with E-state index in [9.17, 15) is 0 Å². The summed E-state index contributed by atoms with van der Waals surface area (Å²) in [5.74, 6) is 0.859. The Balaban J connectivity index is 2.94. The molecule has 0 radical (unpaired) electrons. The van der Waals surface area contributed by atoms with Gasteiger partial charge in [-0.3, -0.25) is 0 Å². The van der Waals surface area contributed by atoms with E-state index in [2.05, 4.69) is 22.0 Å². The summed E-state index contributed by atoms with van der Waals surface area (Å²) < 4.78 is 6.19. The van der Waals surface area contributed by atoms with E-state index >= 15 is 0 Å². The quantitative estimate of drug-likeness (QED) is 0.885. The highest BCUT2D eigenvalue weighted by molar-refractivity contribution is 9.10. The second-order valence-electron chi connectivity index (χ2n) is 3.11. The van der Waals surface area contributed by atoms with E-state index in [0.29, 0.717) is 0 Å². The smallest absolute Gasteiger partial charge is 0.133 e. The third-order valence-electron chi connectivity index (χ3n) is 1.81. The van der Waals surface area contributed by atoms with Crippen molar-refractivity contribution in [2.24, 2.45) is 5.73 Å². The second kappa shape index (κ2) is 4.63. The molecule has 1 aromatic carbocycles. The van der Waals surface area contributed by atoms with Crippen molar-refractivity contribution >= 4 is 15.9 Å². The number of rotatable bonds is 3. The van der Waals surface area contributed by atoms with Crippen LogP contribution in [0.2, 0.25) is 0 Å². The zero-order valence-electron chi connectivity index (χ0n) is 7.88. The predicted octanol–water partition coefficient (Wildman–Crippen LogP) is 2.35. The highest BCUT2D eigenvalue weighted by Crippen LogP contribution is 2.28. The molecule has 13 heavy (non-hydrogen) atoms. The Kier molecular flexibility index (Phi) is 3.75. The number of ether oxygens (including phenoxy) is 1. The summed E-state index contributed by atoms with van der Waals surface area (Å²) in [7, 11) is 1.66. The first-order valence-electron chi connectivity index (χ1n) is 4.22. The number of benzene rings is 1. The molecular formula is C10H14BrNO. The van der Waals surface area contributed by atoms with Crippen LogP contribution < -0.4 is 10.5 Å². The summed E-state index contributed by atoms with van der Waals surface area (Å²) in [6, 6.07) is 6.12. The first-order valence-corrected chi connectivity index (χ1v) is 5.01. The molecule has 3 heteroatoms. The maximum Gasteiger partial charge on any atom is 0.133 e. The Morgan fingerprint density at radius 1 is 1.54 bits per heavy atom. The minimum atomic E-state index is 0.170. The molecule has 1 atom stereocenters. The number of hydrogen-bond donors (Lipinski definition) is 1. The lowest BCUT2D eigenvalue weighted by molar-refractivity contribution is 0.411. The van der Waals surface area contributed by atoms with Crippen molar-refractivity contribution in [3.05, 3.63) is 28.2 Å². The zero-order valence-corrected chi connectivity index (χ0v) is 9.47. The van der Waals surface area contributed by atoms with E-state index in [4.69, 9.17) is 10.5 Å². The molecule has 0 saturated heterocycles. The molecule has 0 aliphatic heterocycles. The van der Waals surface area contributed by atoms with Crippen LogP contribution in [-0.4, -0.2) is 13.2 Å². The lowest BCUT2D eigenvalue weighted by Gasteiger charge is -2.10. The second-order valence-corrected chi connectivity index (χ2v) is 3.91. The predicted molar refractivity (Wildman–Crippen MR) is 58.0 cm³/mol. The van der Waals surface area contributed by atoms with Crippen LogP contribution in [0.15, 0.2) is 22.7 Å². The fourth-order valence-corrected chi connectivity index (χ4v) is 1.81. The summed E-state index contributed by atoms with van der Waals surface area (Å²) in [5.41, 5.74) is 6.91. The largest absolute Gasteiger partial charge is 0.496 e. The molecule has 0 saturated carbocycles. The van der Waals surface area contributed by atoms with Crippen molar-refractivity contribution in [1.82, 2.24) is 0 Å². The molecule has 1 rings (SSSR count). The first kappa shape index (κ1) is 10.5. The summed E-state index contributed by atoms with van der Waals surface area (Å²) in [5, 5.41) is 0. The van der Waals surface area contributed by atoms with Crippen molar-refractivity contribution < 1.29 is 4.74 Å². The molecule has 0 bridgehead atoms. The maximum atomic E-state index is 5.72. The SMILES string of the molecule is COc1cccc(CC(C)N)c1Br. The molecule has 0 heterocycles. The van der Waals surface area contributed by atoms with Gasteiger partial charge in [-0.25, -0.2) is 0 Å². The van der Waals surface area contributed by atoms with Crippen molar-refractivity contribution in [2.45, 2.75) is 19.4 Å². The van der Waals surface area contributed by atoms with Crippen LogP contribution in [0, 0.1) is 0 Å². The number of hydrogen-bond acceptors (Lipinski definition) is 2. The lowest BCUT2D eigenvalue weighted by atomic mass is 10.1. The molecule has 1 unspecified atom stereocenters. The molecular weight excluding hydrogens is 230 g/mol. The molecule has 0 spiro atoms. The Bertz CT molecular complexity index is 286. The van der Waals surface area contributed by atoms with Gasteiger partial charge >= 0.3 is 0 Å². The van der Waals surface area contributed by atoms with Crippen LogP contribution in [-0.2, 0) is 6.42 Å². The summed E-state index contributed by atoms with van der Waals surface area (Å²) in [6.07, 6.45) is 0.859. The third-order valence-corrected chi connectivity index (χ3v) is 2.71. The molecule has 0 aromatic heterocycles. The van der Waals surface area contributed by atoms with E-state index in [0.717, 1.165) is 16.6 Å². The molecule has 72 valence electrons. The average Bonchev–Trinajstić information content (AvgIpc) is 2.08. The maximum absolute atomic E-state index is 5.72. The van der Waals surface area contributed by atoms with Gasteiger partial charge in [-0.05, 0) is 40.9 Å². The van der Waals surface area contributed by atoms with E-state index in [1.807, 2.05) is 19.1 Å². The van der Waals surface area contributed by atoms with E-state index in [1.54, 1.807) is 7.11 Å². The topological polar surface area (TPSA) is 35.2 Å². The molecule has 0 aliphatic rings. The summed E-state index contributed by atoms with van der Waals surface area (Å²) >= 11 is 3.49. The van der Waals surface area contributed by atoms with Crippen molar-refractivity contribution in [2.75, 3.05) is 7.11 Å². The number of halogens is 1. The fourth-order valence-electron chi connectivity index (χ4n) is 1.22. The molecule has 0 aliphatic carbocycles. The molecule has 2 nitrogen and oxygen atoms in total. The van der Waals surface area contributed by atoms with Gasteiger partial charge in [-0.2, -0.15) is 0 Å². The van der Waals surface area contributed by atoms with Gasteiger partial charge in [-0.1, -0.05) is 12.1 Å². The summed E-state index contributed by atoms with van der Waals surface area (Å²) in [4.78, 5) is 0. The van der Waals surface area contributed by atoms with Crippen LogP contribution >= 0.6 is 15.9 Å². The van der Waals surface area contributed by atoms with Crippen molar-refractivity contribution in [3.8, 4) is 5.75 Å². The molecule has 1 aromatic rings. The molecule has 0 amide bonds.